The first-order chi connectivity index (χ1) is 8.82. The minimum absolute atomic E-state index is 0.0229. The number of hydrogen-bond donors (Lipinski definition) is 2. The molecule has 4 nitrogen and oxygen atoms in total. The van der Waals surface area contributed by atoms with Crippen LogP contribution in [0.5, 0.6) is 0 Å². The Hall–Kier alpha value is -0.430. The SMILES string of the molecule is CCNCc1sccc1S(=O)(=O)NCC(C)(C)CC. The lowest BCUT2D eigenvalue weighted by Crippen LogP contribution is -2.34. The van der Waals surface area contributed by atoms with Crippen molar-refractivity contribution >= 4 is 21.4 Å². The highest BCUT2D eigenvalue weighted by molar-refractivity contribution is 7.89. The molecular formula is C13H24N2O2S2. The summed E-state index contributed by atoms with van der Waals surface area (Å²) in [6, 6.07) is 1.68. The minimum Gasteiger partial charge on any atom is -0.312 e. The number of nitrogens with one attached hydrogen (secondary N) is 2. The molecule has 0 aliphatic heterocycles. The molecule has 19 heavy (non-hydrogen) atoms. The highest BCUT2D eigenvalue weighted by Crippen LogP contribution is 2.23. The van der Waals surface area contributed by atoms with Crippen LogP contribution in [-0.4, -0.2) is 21.5 Å². The summed E-state index contributed by atoms with van der Waals surface area (Å²) in [6.07, 6.45) is 0.934. The van der Waals surface area contributed by atoms with Gasteiger partial charge in [0.2, 0.25) is 10.0 Å². The van der Waals surface area contributed by atoms with Crippen LogP contribution in [0.1, 0.15) is 39.0 Å². The summed E-state index contributed by atoms with van der Waals surface area (Å²) in [5.74, 6) is 0. The molecule has 0 bridgehead atoms. The van der Waals surface area contributed by atoms with E-state index in [0.717, 1.165) is 17.8 Å². The summed E-state index contributed by atoms with van der Waals surface area (Å²) in [5.41, 5.74) is -0.0229. The standard InChI is InChI=1S/C13H24N2O2S2/c1-5-13(3,4)10-15-19(16,17)12-7-8-18-11(12)9-14-6-2/h7-8,14-15H,5-6,9-10H2,1-4H3. The largest absolute Gasteiger partial charge is 0.312 e. The number of hydrogen-bond acceptors (Lipinski definition) is 4. The maximum absolute atomic E-state index is 12.3. The van der Waals surface area contributed by atoms with Crippen molar-refractivity contribution < 1.29 is 8.42 Å². The third kappa shape index (κ3) is 4.87. The number of rotatable bonds is 8. The lowest BCUT2D eigenvalue weighted by molar-refractivity contribution is 0.350. The molecule has 0 aliphatic rings. The van der Waals surface area contributed by atoms with Gasteiger partial charge in [-0.15, -0.1) is 11.3 Å². The van der Waals surface area contributed by atoms with Crippen LogP contribution in [0.25, 0.3) is 0 Å². The monoisotopic (exact) mass is 304 g/mol. The molecule has 0 fully saturated rings. The van der Waals surface area contributed by atoms with Gasteiger partial charge < -0.3 is 5.32 Å². The average molecular weight is 304 g/mol. The molecule has 0 spiro atoms. The molecular weight excluding hydrogens is 280 g/mol. The lowest BCUT2D eigenvalue weighted by Gasteiger charge is -2.22. The Labute approximate surface area is 120 Å². The van der Waals surface area contributed by atoms with Gasteiger partial charge in [0.1, 0.15) is 0 Å². The van der Waals surface area contributed by atoms with Gasteiger partial charge in [-0.2, -0.15) is 0 Å². The van der Waals surface area contributed by atoms with Gasteiger partial charge >= 0.3 is 0 Å². The number of sulfonamides is 1. The molecule has 0 aliphatic carbocycles. The Balaban J connectivity index is 2.80. The van der Waals surface area contributed by atoms with Crippen molar-refractivity contribution in [2.75, 3.05) is 13.1 Å². The van der Waals surface area contributed by atoms with Crippen LogP contribution in [0, 0.1) is 5.41 Å². The maximum atomic E-state index is 12.3. The van der Waals surface area contributed by atoms with Crippen LogP contribution in [-0.2, 0) is 16.6 Å². The van der Waals surface area contributed by atoms with Gasteiger partial charge in [0.25, 0.3) is 0 Å². The fourth-order valence-corrected chi connectivity index (χ4v) is 4.08. The van der Waals surface area contributed by atoms with Crippen LogP contribution in [0.3, 0.4) is 0 Å². The summed E-state index contributed by atoms with van der Waals surface area (Å²) in [6.45, 7) is 10.1. The summed E-state index contributed by atoms with van der Waals surface area (Å²) in [4.78, 5) is 1.27. The quantitative estimate of drug-likeness (QED) is 0.776. The van der Waals surface area contributed by atoms with E-state index in [2.05, 4.69) is 30.8 Å². The Bertz CT molecular complexity index is 492. The summed E-state index contributed by atoms with van der Waals surface area (Å²) in [5, 5.41) is 4.99. The zero-order valence-electron chi connectivity index (χ0n) is 12.1. The van der Waals surface area contributed by atoms with Crippen LogP contribution in [0.15, 0.2) is 16.3 Å². The molecule has 1 rings (SSSR count). The summed E-state index contributed by atoms with van der Waals surface area (Å²) >= 11 is 1.47. The van der Waals surface area contributed by atoms with Gasteiger partial charge in [0, 0.05) is 18.0 Å². The molecule has 0 unspecified atom stereocenters. The van der Waals surface area contributed by atoms with Crippen LogP contribution < -0.4 is 10.0 Å². The van der Waals surface area contributed by atoms with Gasteiger partial charge in [-0.1, -0.05) is 27.7 Å². The molecule has 0 radical (unpaired) electrons. The molecule has 0 atom stereocenters. The third-order valence-electron chi connectivity index (χ3n) is 3.23. The van der Waals surface area contributed by atoms with Crippen LogP contribution in [0.4, 0.5) is 0 Å². The molecule has 6 heteroatoms. The van der Waals surface area contributed by atoms with Crippen molar-refractivity contribution in [3.63, 3.8) is 0 Å². The Morgan fingerprint density at radius 2 is 2.00 bits per heavy atom. The van der Waals surface area contributed by atoms with E-state index >= 15 is 0 Å². The topological polar surface area (TPSA) is 58.2 Å². The van der Waals surface area contributed by atoms with Crippen molar-refractivity contribution in [2.45, 2.75) is 45.6 Å². The smallest absolute Gasteiger partial charge is 0.241 e. The van der Waals surface area contributed by atoms with Crippen LogP contribution in [0.2, 0.25) is 0 Å². The molecule has 2 N–H and O–H groups in total. The van der Waals surface area contributed by atoms with Gasteiger partial charge in [-0.3, -0.25) is 0 Å². The van der Waals surface area contributed by atoms with Crippen molar-refractivity contribution in [2.24, 2.45) is 5.41 Å². The highest BCUT2D eigenvalue weighted by atomic mass is 32.2. The van der Waals surface area contributed by atoms with Gasteiger partial charge in [-0.25, -0.2) is 13.1 Å². The second kappa shape index (κ2) is 6.83. The normalized spacial score (nSPS) is 12.8. The van der Waals surface area contributed by atoms with Crippen molar-refractivity contribution in [3.05, 3.63) is 16.3 Å². The number of thiophene rings is 1. The fraction of sp³-hybridized carbons (Fsp3) is 0.692. The molecule has 0 saturated heterocycles. The first-order valence-corrected chi connectivity index (χ1v) is 8.95. The molecule has 1 aromatic heterocycles. The van der Waals surface area contributed by atoms with Crippen molar-refractivity contribution in [3.8, 4) is 0 Å². The molecule has 0 saturated carbocycles. The second-order valence-electron chi connectivity index (χ2n) is 5.33. The van der Waals surface area contributed by atoms with E-state index < -0.39 is 10.0 Å². The van der Waals surface area contributed by atoms with E-state index in [1.807, 2.05) is 12.3 Å². The first kappa shape index (κ1) is 16.6. The second-order valence-corrected chi connectivity index (χ2v) is 8.07. The van der Waals surface area contributed by atoms with E-state index in [0.29, 0.717) is 18.0 Å². The predicted octanol–water partition coefficient (Wildman–Crippen LogP) is 2.57. The predicted molar refractivity (Wildman–Crippen MR) is 81.0 cm³/mol. The van der Waals surface area contributed by atoms with E-state index in [4.69, 9.17) is 0 Å². The van der Waals surface area contributed by atoms with E-state index in [9.17, 15) is 8.42 Å². The van der Waals surface area contributed by atoms with E-state index in [-0.39, 0.29) is 5.41 Å². The third-order valence-corrected chi connectivity index (χ3v) is 5.76. The Morgan fingerprint density at radius 3 is 2.58 bits per heavy atom. The molecule has 110 valence electrons. The van der Waals surface area contributed by atoms with E-state index in [1.165, 1.54) is 11.3 Å². The Kier molecular flexibility index (Phi) is 5.98. The van der Waals surface area contributed by atoms with Gasteiger partial charge in [0.05, 0.1) is 4.90 Å². The van der Waals surface area contributed by atoms with E-state index in [1.54, 1.807) is 6.07 Å². The first-order valence-electron chi connectivity index (χ1n) is 6.59. The molecule has 0 amide bonds. The van der Waals surface area contributed by atoms with Crippen LogP contribution >= 0.6 is 11.3 Å². The lowest BCUT2D eigenvalue weighted by atomic mass is 9.91. The molecule has 1 heterocycles. The van der Waals surface area contributed by atoms with Gasteiger partial charge in [-0.05, 0) is 29.8 Å². The zero-order chi connectivity index (χ0) is 14.5. The van der Waals surface area contributed by atoms with Gasteiger partial charge in [0.15, 0.2) is 0 Å². The molecule has 1 aromatic rings. The average Bonchev–Trinajstić information content (AvgIpc) is 2.83. The summed E-state index contributed by atoms with van der Waals surface area (Å²) in [7, 11) is -3.40. The summed E-state index contributed by atoms with van der Waals surface area (Å²) < 4.78 is 27.3. The maximum Gasteiger partial charge on any atom is 0.241 e. The fourth-order valence-electron chi connectivity index (χ4n) is 1.43. The highest BCUT2D eigenvalue weighted by Gasteiger charge is 2.23. The van der Waals surface area contributed by atoms with Crippen molar-refractivity contribution in [1.82, 2.24) is 10.0 Å². The molecule has 0 aromatic carbocycles. The van der Waals surface area contributed by atoms with Crippen molar-refractivity contribution in [1.29, 1.82) is 0 Å². The zero-order valence-corrected chi connectivity index (χ0v) is 13.7. The minimum atomic E-state index is -3.40. The Morgan fingerprint density at radius 1 is 1.32 bits per heavy atom.